The molecule has 1 rings (SSSR count). The Morgan fingerprint density at radius 2 is 2.36 bits per heavy atom. The Labute approximate surface area is 66.0 Å². The second kappa shape index (κ2) is 3.93. The van der Waals surface area contributed by atoms with Crippen LogP contribution in [0.2, 0.25) is 0 Å². The monoisotopic (exact) mass is 153 g/mol. The fourth-order valence-electron chi connectivity index (χ4n) is 0.723. The molecule has 0 aliphatic heterocycles. The molecule has 3 heteroatoms. The van der Waals surface area contributed by atoms with Crippen LogP contribution in [0.15, 0.2) is 18.5 Å². The summed E-state index contributed by atoms with van der Waals surface area (Å²) in [6.07, 6.45) is 3.41. The van der Waals surface area contributed by atoms with Crippen LogP contribution in [0.3, 0.4) is 0 Å². The van der Waals surface area contributed by atoms with Crippen molar-refractivity contribution >= 4 is 0 Å². The standard InChI is InChI=1S/C8H11NO2/c1-7-3-4-9-5-8(7)11-6-10-2/h3-5H,6H2,1-2H3. The molecular formula is C8H11NO2. The van der Waals surface area contributed by atoms with Gasteiger partial charge in [0.15, 0.2) is 6.79 Å². The van der Waals surface area contributed by atoms with E-state index in [-0.39, 0.29) is 6.79 Å². The lowest BCUT2D eigenvalue weighted by molar-refractivity contribution is 0.0503. The van der Waals surface area contributed by atoms with Gasteiger partial charge in [-0.25, -0.2) is 0 Å². The molecule has 11 heavy (non-hydrogen) atoms. The normalized spacial score (nSPS) is 9.64. The van der Waals surface area contributed by atoms with Gasteiger partial charge in [0.25, 0.3) is 0 Å². The van der Waals surface area contributed by atoms with Crippen LogP contribution in [0.1, 0.15) is 5.56 Å². The molecule has 1 aromatic rings. The maximum Gasteiger partial charge on any atom is 0.188 e. The second-order valence-corrected chi connectivity index (χ2v) is 2.19. The van der Waals surface area contributed by atoms with Crippen molar-refractivity contribution in [3.8, 4) is 5.75 Å². The molecule has 0 spiro atoms. The molecule has 0 aliphatic rings. The summed E-state index contributed by atoms with van der Waals surface area (Å²) < 4.78 is 9.95. The number of ether oxygens (including phenoxy) is 2. The molecule has 1 aromatic heterocycles. The molecule has 1 heterocycles. The van der Waals surface area contributed by atoms with Gasteiger partial charge in [-0.05, 0) is 18.6 Å². The third-order valence-corrected chi connectivity index (χ3v) is 1.32. The zero-order valence-electron chi connectivity index (χ0n) is 6.70. The van der Waals surface area contributed by atoms with Gasteiger partial charge in [0.2, 0.25) is 0 Å². The maximum absolute atomic E-state index is 5.20. The third-order valence-electron chi connectivity index (χ3n) is 1.32. The Morgan fingerprint density at radius 1 is 1.55 bits per heavy atom. The van der Waals surface area contributed by atoms with E-state index >= 15 is 0 Å². The zero-order chi connectivity index (χ0) is 8.10. The predicted octanol–water partition coefficient (Wildman–Crippen LogP) is 1.37. The minimum atomic E-state index is 0.270. The van der Waals surface area contributed by atoms with Crippen molar-refractivity contribution in [3.63, 3.8) is 0 Å². The summed E-state index contributed by atoms with van der Waals surface area (Å²) in [6.45, 7) is 2.24. The molecule has 0 atom stereocenters. The smallest absolute Gasteiger partial charge is 0.188 e. The van der Waals surface area contributed by atoms with Gasteiger partial charge in [0, 0.05) is 13.3 Å². The number of hydrogen-bond acceptors (Lipinski definition) is 3. The number of pyridine rings is 1. The number of rotatable bonds is 3. The molecule has 0 unspecified atom stereocenters. The van der Waals surface area contributed by atoms with Gasteiger partial charge in [-0.2, -0.15) is 0 Å². The summed E-state index contributed by atoms with van der Waals surface area (Å²) in [5, 5.41) is 0. The van der Waals surface area contributed by atoms with E-state index in [0.29, 0.717) is 0 Å². The van der Waals surface area contributed by atoms with Crippen molar-refractivity contribution in [3.05, 3.63) is 24.0 Å². The molecule has 0 saturated carbocycles. The first-order chi connectivity index (χ1) is 5.34. The Balaban J connectivity index is 2.62. The molecular weight excluding hydrogens is 142 g/mol. The van der Waals surface area contributed by atoms with Crippen molar-refractivity contribution < 1.29 is 9.47 Å². The van der Waals surface area contributed by atoms with E-state index < -0.39 is 0 Å². The van der Waals surface area contributed by atoms with E-state index in [2.05, 4.69) is 4.98 Å². The van der Waals surface area contributed by atoms with Crippen molar-refractivity contribution in [2.75, 3.05) is 13.9 Å². The molecule has 0 aliphatic carbocycles. The van der Waals surface area contributed by atoms with Gasteiger partial charge in [-0.15, -0.1) is 0 Å². The summed E-state index contributed by atoms with van der Waals surface area (Å²) in [6, 6.07) is 1.89. The number of aromatic nitrogens is 1. The summed E-state index contributed by atoms with van der Waals surface area (Å²) >= 11 is 0. The lowest BCUT2D eigenvalue weighted by Crippen LogP contribution is -2.00. The lowest BCUT2D eigenvalue weighted by atomic mass is 10.3. The van der Waals surface area contributed by atoms with Crippen molar-refractivity contribution in [1.82, 2.24) is 4.98 Å². The molecule has 3 nitrogen and oxygen atoms in total. The van der Waals surface area contributed by atoms with Crippen LogP contribution >= 0.6 is 0 Å². The predicted molar refractivity (Wildman–Crippen MR) is 41.5 cm³/mol. The molecule has 0 radical (unpaired) electrons. The van der Waals surface area contributed by atoms with Crippen LogP contribution in [-0.4, -0.2) is 18.9 Å². The SMILES string of the molecule is COCOc1cnccc1C. The van der Waals surface area contributed by atoms with Gasteiger partial charge >= 0.3 is 0 Å². The molecule has 60 valence electrons. The number of nitrogens with zero attached hydrogens (tertiary/aromatic N) is 1. The zero-order valence-corrected chi connectivity index (χ0v) is 6.70. The minimum Gasteiger partial charge on any atom is -0.466 e. The average molecular weight is 153 g/mol. The lowest BCUT2D eigenvalue weighted by Gasteiger charge is -2.05. The molecule has 0 N–H and O–H groups in total. The first-order valence-electron chi connectivity index (χ1n) is 3.37. The Bertz CT molecular complexity index is 225. The van der Waals surface area contributed by atoms with Gasteiger partial charge in [0.05, 0.1) is 6.20 Å². The van der Waals surface area contributed by atoms with Crippen LogP contribution < -0.4 is 4.74 Å². The summed E-state index contributed by atoms with van der Waals surface area (Å²) in [5.74, 6) is 0.773. The first-order valence-corrected chi connectivity index (χ1v) is 3.37. The Hall–Kier alpha value is -1.09. The van der Waals surface area contributed by atoms with E-state index in [0.717, 1.165) is 11.3 Å². The van der Waals surface area contributed by atoms with Crippen LogP contribution in [0.25, 0.3) is 0 Å². The number of methoxy groups -OCH3 is 1. The highest BCUT2D eigenvalue weighted by Gasteiger charge is 1.95. The van der Waals surface area contributed by atoms with Crippen molar-refractivity contribution in [2.24, 2.45) is 0 Å². The largest absolute Gasteiger partial charge is 0.466 e. The number of hydrogen-bond donors (Lipinski definition) is 0. The Morgan fingerprint density at radius 3 is 3.00 bits per heavy atom. The van der Waals surface area contributed by atoms with Crippen LogP contribution in [0.5, 0.6) is 5.75 Å². The van der Waals surface area contributed by atoms with Gasteiger partial charge in [0.1, 0.15) is 5.75 Å². The molecule has 0 bridgehead atoms. The summed E-state index contributed by atoms with van der Waals surface area (Å²) in [4.78, 5) is 3.92. The second-order valence-electron chi connectivity index (χ2n) is 2.19. The first kappa shape index (κ1) is 8.01. The molecule has 0 amide bonds. The van der Waals surface area contributed by atoms with E-state index in [9.17, 15) is 0 Å². The van der Waals surface area contributed by atoms with Crippen LogP contribution in [0.4, 0.5) is 0 Å². The van der Waals surface area contributed by atoms with E-state index in [1.807, 2.05) is 13.0 Å². The highest BCUT2D eigenvalue weighted by Crippen LogP contribution is 2.13. The highest BCUT2D eigenvalue weighted by molar-refractivity contribution is 5.27. The van der Waals surface area contributed by atoms with E-state index in [1.54, 1.807) is 19.5 Å². The summed E-state index contributed by atoms with van der Waals surface area (Å²) in [5.41, 5.74) is 1.07. The molecule has 0 aromatic carbocycles. The quantitative estimate of drug-likeness (QED) is 0.614. The molecule has 0 saturated heterocycles. The van der Waals surface area contributed by atoms with Crippen molar-refractivity contribution in [2.45, 2.75) is 6.92 Å². The van der Waals surface area contributed by atoms with Gasteiger partial charge in [-0.1, -0.05) is 0 Å². The number of aryl methyl sites for hydroxylation is 1. The topological polar surface area (TPSA) is 31.4 Å². The minimum absolute atomic E-state index is 0.270. The third kappa shape index (κ3) is 2.20. The van der Waals surface area contributed by atoms with Crippen molar-refractivity contribution in [1.29, 1.82) is 0 Å². The highest BCUT2D eigenvalue weighted by atomic mass is 16.7. The van der Waals surface area contributed by atoms with E-state index in [4.69, 9.17) is 9.47 Å². The van der Waals surface area contributed by atoms with Crippen LogP contribution in [-0.2, 0) is 4.74 Å². The molecule has 0 fully saturated rings. The van der Waals surface area contributed by atoms with Gasteiger partial charge in [-0.3, -0.25) is 4.98 Å². The maximum atomic E-state index is 5.20. The average Bonchev–Trinajstić information content (AvgIpc) is 2.03. The van der Waals surface area contributed by atoms with Gasteiger partial charge < -0.3 is 9.47 Å². The fourth-order valence-corrected chi connectivity index (χ4v) is 0.723. The van der Waals surface area contributed by atoms with Crippen LogP contribution in [0, 0.1) is 6.92 Å². The Kier molecular flexibility index (Phi) is 2.86. The summed E-state index contributed by atoms with van der Waals surface area (Å²) in [7, 11) is 1.59. The fraction of sp³-hybridized carbons (Fsp3) is 0.375. The van der Waals surface area contributed by atoms with E-state index in [1.165, 1.54) is 0 Å².